The van der Waals surface area contributed by atoms with E-state index in [1.54, 1.807) is 19.2 Å². The Morgan fingerprint density at radius 2 is 2.12 bits per heavy atom. The number of aromatic nitrogens is 2. The van der Waals surface area contributed by atoms with Gasteiger partial charge in [-0.25, -0.2) is 0 Å². The third kappa shape index (κ3) is 5.61. The van der Waals surface area contributed by atoms with Gasteiger partial charge in [0.15, 0.2) is 5.82 Å². The molecule has 2 aromatic rings. The minimum Gasteiger partial charge on any atom is -0.497 e. The number of hydrogen-bond donors (Lipinski definition) is 2. The van der Waals surface area contributed by atoms with Crippen molar-refractivity contribution < 1.29 is 4.74 Å². The van der Waals surface area contributed by atoms with Crippen molar-refractivity contribution in [2.75, 3.05) is 36.3 Å². The summed E-state index contributed by atoms with van der Waals surface area (Å²) in [7, 11) is 3.44. The SMILES string of the molecule is C=NN(C)c1cc(Nc2cccc(OC)c2)nc(NCCC(C)CC)n1. The van der Waals surface area contributed by atoms with Crippen LogP contribution >= 0.6 is 0 Å². The molecule has 7 heteroatoms. The number of methoxy groups -OCH3 is 1. The van der Waals surface area contributed by atoms with E-state index >= 15 is 0 Å². The second-order valence-corrected chi connectivity index (χ2v) is 6.19. The first-order chi connectivity index (χ1) is 12.5. The van der Waals surface area contributed by atoms with Crippen LogP contribution in [0.2, 0.25) is 0 Å². The zero-order valence-electron chi connectivity index (χ0n) is 16.0. The number of hydrogen-bond acceptors (Lipinski definition) is 7. The van der Waals surface area contributed by atoms with E-state index in [0.29, 0.717) is 23.5 Å². The molecular formula is C19H28N6O. The predicted molar refractivity (Wildman–Crippen MR) is 109 cm³/mol. The van der Waals surface area contributed by atoms with Gasteiger partial charge in [0.2, 0.25) is 5.95 Å². The lowest BCUT2D eigenvalue weighted by atomic mass is 10.1. The Balaban J connectivity index is 2.20. The van der Waals surface area contributed by atoms with E-state index in [4.69, 9.17) is 4.74 Å². The molecule has 2 rings (SSSR count). The van der Waals surface area contributed by atoms with Crippen molar-refractivity contribution in [3.05, 3.63) is 30.3 Å². The molecule has 0 aliphatic heterocycles. The maximum atomic E-state index is 5.27. The molecule has 1 heterocycles. The van der Waals surface area contributed by atoms with Crippen LogP contribution in [0.4, 0.5) is 23.3 Å². The fourth-order valence-electron chi connectivity index (χ4n) is 2.30. The number of nitrogens with one attached hydrogen (secondary N) is 2. The summed E-state index contributed by atoms with van der Waals surface area (Å²) in [5.74, 6) is 3.33. The molecule has 0 amide bonds. The highest BCUT2D eigenvalue weighted by Crippen LogP contribution is 2.23. The second-order valence-electron chi connectivity index (χ2n) is 6.19. The molecule has 140 valence electrons. The summed E-state index contributed by atoms with van der Waals surface area (Å²) < 4.78 is 5.27. The molecule has 26 heavy (non-hydrogen) atoms. The molecule has 0 saturated carbocycles. The van der Waals surface area contributed by atoms with E-state index in [1.165, 1.54) is 0 Å². The molecule has 0 aliphatic rings. The van der Waals surface area contributed by atoms with Gasteiger partial charge in [-0.1, -0.05) is 26.3 Å². The van der Waals surface area contributed by atoms with Crippen LogP contribution in [0, 0.1) is 5.92 Å². The first-order valence-corrected chi connectivity index (χ1v) is 8.80. The molecule has 1 aromatic heterocycles. The normalized spacial score (nSPS) is 11.5. The van der Waals surface area contributed by atoms with Crippen molar-refractivity contribution in [1.82, 2.24) is 9.97 Å². The van der Waals surface area contributed by atoms with Gasteiger partial charge in [0.1, 0.15) is 11.6 Å². The largest absolute Gasteiger partial charge is 0.497 e. The van der Waals surface area contributed by atoms with Crippen LogP contribution in [-0.2, 0) is 0 Å². The molecule has 1 aromatic carbocycles. The molecule has 1 unspecified atom stereocenters. The Hall–Kier alpha value is -2.83. The standard InChI is InChI=1S/C19H28N6O/c1-6-14(2)10-11-21-19-23-17(13-18(24-19)25(4)20-3)22-15-8-7-9-16(12-15)26-5/h7-9,12-14H,3,6,10-11H2,1-2,4-5H3,(H2,21,22,23,24). The fraction of sp³-hybridized carbons (Fsp3) is 0.421. The number of hydrazone groups is 1. The van der Waals surface area contributed by atoms with Crippen molar-refractivity contribution in [1.29, 1.82) is 0 Å². The highest BCUT2D eigenvalue weighted by molar-refractivity contribution is 5.62. The summed E-state index contributed by atoms with van der Waals surface area (Å²) in [6.45, 7) is 8.82. The monoisotopic (exact) mass is 356 g/mol. The van der Waals surface area contributed by atoms with Crippen LogP contribution in [0.15, 0.2) is 35.4 Å². The lowest BCUT2D eigenvalue weighted by Crippen LogP contribution is -2.14. The van der Waals surface area contributed by atoms with E-state index in [0.717, 1.165) is 30.8 Å². The van der Waals surface area contributed by atoms with Crippen LogP contribution in [0.25, 0.3) is 0 Å². The topological polar surface area (TPSA) is 74.7 Å². The lowest BCUT2D eigenvalue weighted by Gasteiger charge is -2.16. The molecule has 0 spiro atoms. The van der Waals surface area contributed by atoms with Gasteiger partial charge in [0, 0.05) is 38.1 Å². The summed E-state index contributed by atoms with van der Waals surface area (Å²) in [6.07, 6.45) is 2.23. The minimum absolute atomic E-state index is 0.562. The van der Waals surface area contributed by atoms with Gasteiger partial charge < -0.3 is 15.4 Å². The Labute approximate surface area is 155 Å². The highest BCUT2D eigenvalue weighted by Gasteiger charge is 2.09. The molecule has 1 atom stereocenters. The van der Waals surface area contributed by atoms with Gasteiger partial charge >= 0.3 is 0 Å². The van der Waals surface area contributed by atoms with Crippen LogP contribution < -0.4 is 20.4 Å². The van der Waals surface area contributed by atoms with Gasteiger partial charge in [-0.3, -0.25) is 5.01 Å². The number of nitrogens with zero attached hydrogens (tertiary/aromatic N) is 4. The molecule has 7 nitrogen and oxygen atoms in total. The van der Waals surface area contributed by atoms with Crippen LogP contribution in [-0.4, -0.2) is 37.4 Å². The molecule has 0 aliphatic carbocycles. The quantitative estimate of drug-likeness (QED) is 0.492. The molecule has 0 radical (unpaired) electrons. The van der Waals surface area contributed by atoms with E-state index in [-0.39, 0.29) is 0 Å². The van der Waals surface area contributed by atoms with Crippen LogP contribution in [0.3, 0.4) is 0 Å². The van der Waals surface area contributed by atoms with Gasteiger partial charge in [0.05, 0.1) is 7.11 Å². The summed E-state index contributed by atoms with van der Waals surface area (Å²) in [5, 5.41) is 12.1. The average molecular weight is 356 g/mol. The Morgan fingerprint density at radius 3 is 2.81 bits per heavy atom. The van der Waals surface area contributed by atoms with Gasteiger partial charge in [-0.2, -0.15) is 15.1 Å². The number of anilines is 4. The van der Waals surface area contributed by atoms with E-state index in [1.807, 2.05) is 30.3 Å². The number of ether oxygens (including phenoxy) is 1. The highest BCUT2D eigenvalue weighted by atomic mass is 16.5. The maximum Gasteiger partial charge on any atom is 0.226 e. The molecule has 0 bridgehead atoms. The Kier molecular flexibility index (Phi) is 7.20. The Bertz CT molecular complexity index is 721. The first kappa shape index (κ1) is 19.5. The van der Waals surface area contributed by atoms with Gasteiger partial charge in [-0.15, -0.1) is 0 Å². The molecule has 0 saturated heterocycles. The summed E-state index contributed by atoms with van der Waals surface area (Å²) in [6, 6.07) is 9.51. The van der Waals surface area contributed by atoms with Crippen molar-refractivity contribution in [3.63, 3.8) is 0 Å². The van der Waals surface area contributed by atoms with Crippen LogP contribution in [0.1, 0.15) is 26.7 Å². The fourth-order valence-corrected chi connectivity index (χ4v) is 2.30. The lowest BCUT2D eigenvalue weighted by molar-refractivity contribution is 0.415. The van der Waals surface area contributed by atoms with E-state index < -0.39 is 0 Å². The van der Waals surface area contributed by atoms with Crippen LogP contribution in [0.5, 0.6) is 5.75 Å². The van der Waals surface area contributed by atoms with Crippen molar-refractivity contribution >= 4 is 30.0 Å². The minimum atomic E-state index is 0.562. The van der Waals surface area contributed by atoms with Crippen molar-refractivity contribution in [2.24, 2.45) is 11.0 Å². The predicted octanol–water partition coefficient (Wildman–Crippen LogP) is 4.13. The van der Waals surface area contributed by atoms with E-state index in [9.17, 15) is 0 Å². The third-order valence-electron chi connectivity index (χ3n) is 4.22. The smallest absolute Gasteiger partial charge is 0.226 e. The summed E-state index contributed by atoms with van der Waals surface area (Å²) in [4.78, 5) is 9.07. The zero-order chi connectivity index (χ0) is 18.9. The van der Waals surface area contributed by atoms with Crippen molar-refractivity contribution in [2.45, 2.75) is 26.7 Å². The molecule has 0 fully saturated rings. The first-order valence-electron chi connectivity index (χ1n) is 8.80. The maximum absolute atomic E-state index is 5.27. The Morgan fingerprint density at radius 1 is 1.31 bits per heavy atom. The zero-order valence-corrected chi connectivity index (χ0v) is 16.0. The number of rotatable bonds is 10. The summed E-state index contributed by atoms with van der Waals surface area (Å²) in [5.41, 5.74) is 0.883. The van der Waals surface area contributed by atoms with Crippen molar-refractivity contribution in [3.8, 4) is 5.75 Å². The second kappa shape index (κ2) is 9.60. The molecular weight excluding hydrogens is 328 g/mol. The third-order valence-corrected chi connectivity index (χ3v) is 4.22. The van der Waals surface area contributed by atoms with Gasteiger partial charge in [0.25, 0.3) is 0 Å². The van der Waals surface area contributed by atoms with Gasteiger partial charge in [-0.05, 0) is 24.5 Å². The summed E-state index contributed by atoms with van der Waals surface area (Å²) >= 11 is 0. The average Bonchev–Trinajstić information content (AvgIpc) is 2.67. The molecule has 2 N–H and O–H groups in total. The number of benzene rings is 1. The van der Waals surface area contributed by atoms with E-state index in [2.05, 4.69) is 46.3 Å².